The number of rotatable bonds is 6. The Morgan fingerprint density at radius 3 is 2.23 bits per heavy atom. The average Bonchev–Trinajstić information content (AvgIpc) is 3.29. The highest BCUT2D eigenvalue weighted by molar-refractivity contribution is 5.91. The van der Waals surface area contributed by atoms with Crippen molar-refractivity contribution in [2.75, 3.05) is 52.4 Å². The molecule has 2 aliphatic rings. The van der Waals surface area contributed by atoms with Gasteiger partial charge in [0.2, 0.25) is 11.8 Å². The molecule has 0 radical (unpaired) electrons. The van der Waals surface area contributed by atoms with E-state index in [9.17, 15) is 14.4 Å². The number of carbonyl (C=O) groups excluding carboxylic acids is 3. The Kier molecular flexibility index (Phi) is 7.84. The van der Waals surface area contributed by atoms with Crippen molar-refractivity contribution >= 4 is 24.0 Å². The van der Waals surface area contributed by atoms with Gasteiger partial charge in [-0.3, -0.25) is 14.5 Å². The van der Waals surface area contributed by atoms with Gasteiger partial charge in [0.1, 0.15) is 5.75 Å². The molecule has 0 bridgehead atoms. The molecule has 0 N–H and O–H groups in total. The summed E-state index contributed by atoms with van der Waals surface area (Å²) in [6.07, 6.45) is 4.74. The van der Waals surface area contributed by atoms with Crippen molar-refractivity contribution in [3.63, 3.8) is 0 Å². The number of benzene rings is 1. The van der Waals surface area contributed by atoms with Crippen LogP contribution in [0.15, 0.2) is 30.3 Å². The molecule has 1 aromatic carbocycles. The van der Waals surface area contributed by atoms with E-state index in [0.717, 1.165) is 31.5 Å². The number of hydrogen-bond donors (Lipinski definition) is 0. The summed E-state index contributed by atoms with van der Waals surface area (Å²) in [6.45, 7) is 6.79. The maximum atomic E-state index is 12.5. The molecule has 162 valence electrons. The average molecular weight is 415 g/mol. The summed E-state index contributed by atoms with van der Waals surface area (Å²) in [5, 5.41) is 0. The van der Waals surface area contributed by atoms with Gasteiger partial charge in [-0.25, -0.2) is 4.79 Å². The minimum absolute atomic E-state index is 0.0487. The molecule has 2 heterocycles. The van der Waals surface area contributed by atoms with E-state index in [2.05, 4.69) is 4.90 Å². The van der Waals surface area contributed by atoms with Crippen LogP contribution in [0.25, 0.3) is 6.08 Å². The van der Waals surface area contributed by atoms with E-state index in [4.69, 9.17) is 9.47 Å². The van der Waals surface area contributed by atoms with Crippen molar-refractivity contribution < 1.29 is 23.9 Å². The first-order valence-electron chi connectivity index (χ1n) is 10.5. The Hall–Kier alpha value is -2.87. The van der Waals surface area contributed by atoms with Crippen molar-refractivity contribution in [2.45, 2.75) is 19.8 Å². The first-order valence-corrected chi connectivity index (χ1v) is 10.5. The number of hydrogen-bond acceptors (Lipinski definition) is 6. The molecule has 0 aromatic heterocycles. The van der Waals surface area contributed by atoms with Gasteiger partial charge in [-0.2, -0.15) is 0 Å². The Bertz CT molecular complexity index is 763. The molecular formula is C22H29N3O5. The summed E-state index contributed by atoms with van der Waals surface area (Å²) >= 11 is 0. The standard InChI is InChI=1S/C22H29N3O5/c1-2-29-22(28)30-19-8-5-18(6-9-19)7-10-20(26)25-15-13-23(14-16-25)17-21(27)24-11-3-4-12-24/h5-10H,2-4,11-17H2,1H3. The normalized spacial score (nSPS) is 17.4. The van der Waals surface area contributed by atoms with E-state index in [1.165, 1.54) is 0 Å². The van der Waals surface area contributed by atoms with Gasteiger partial charge in [-0.05, 0) is 43.5 Å². The zero-order valence-electron chi connectivity index (χ0n) is 17.4. The number of piperazine rings is 1. The summed E-state index contributed by atoms with van der Waals surface area (Å²) < 4.78 is 9.74. The molecule has 2 saturated heterocycles. The highest BCUT2D eigenvalue weighted by Gasteiger charge is 2.24. The number of nitrogens with zero attached hydrogens (tertiary/aromatic N) is 3. The number of likely N-dealkylation sites (tertiary alicyclic amines) is 1. The van der Waals surface area contributed by atoms with E-state index in [0.29, 0.717) is 38.5 Å². The largest absolute Gasteiger partial charge is 0.513 e. The van der Waals surface area contributed by atoms with E-state index in [1.54, 1.807) is 48.2 Å². The van der Waals surface area contributed by atoms with E-state index >= 15 is 0 Å². The maximum Gasteiger partial charge on any atom is 0.513 e. The van der Waals surface area contributed by atoms with Gasteiger partial charge in [0.25, 0.3) is 0 Å². The molecule has 0 spiro atoms. The van der Waals surface area contributed by atoms with Crippen LogP contribution in [0.1, 0.15) is 25.3 Å². The molecule has 0 unspecified atom stereocenters. The topological polar surface area (TPSA) is 79.4 Å². The van der Waals surface area contributed by atoms with Crippen molar-refractivity contribution in [1.29, 1.82) is 0 Å². The quantitative estimate of drug-likeness (QED) is 0.402. The van der Waals surface area contributed by atoms with Gasteiger partial charge >= 0.3 is 6.16 Å². The smallest absolute Gasteiger partial charge is 0.434 e. The van der Waals surface area contributed by atoms with E-state index in [-0.39, 0.29) is 18.4 Å². The monoisotopic (exact) mass is 415 g/mol. The zero-order chi connectivity index (χ0) is 21.3. The van der Waals surface area contributed by atoms with E-state index in [1.807, 2.05) is 4.90 Å². The van der Waals surface area contributed by atoms with Crippen LogP contribution >= 0.6 is 0 Å². The summed E-state index contributed by atoms with van der Waals surface area (Å²) in [7, 11) is 0. The third-order valence-corrected chi connectivity index (χ3v) is 5.26. The van der Waals surface area contributed by atoms with Crippen molar-refractivity contribution in [1.82, 2.24) is 14.7 Å². The Morgan fingerprint density at radius 2 is 1.60 bits per heavy atom. The minimum atomic E-state index is -0.739. The van der Waals surface area contributed by atoms with E-state index < -0.39 is 6.16 Å². The van der Waals surface area contributed by atoms with Gasteiger partial charge in [-0.15, -0.1) is 0 Å². The zero-order valence-corrected chi connectivity index (χ0v) is 17.4. The molecular weight excluding hydrogens is 386 g/mol. The Labute approximate surface area is 177 Å². The van der Waals surface area contributed by atoms with Crippen LogP contribution in [0.5, 0.6) is 5.75 Å². The third-order valence-electron chi connectivity index (χ3n) is 5.26. The second kappa shape index (κ2) is 10.8. The summed E-state index contributed by atoms with van der Waals surface area (Å²) in [5.74, 6) is 0.534. The lowest BCUT2D eigenvalue weighted by Crippen LogP contribution is -2.51. The molecule has 8 heteroatoms. The van der Waals surface area contributed by atoms with Gasteiger partial charge in [0.05, 0.1) is 13.2 Å². The SMILES string of the molecule is CCOC(=O)Oc1ccc(C=CC(=O)N2CCN(CC(=O)N3CCCC3)CC2)cc1. The van der Waals surface area contributed by atoms with Crippen LogP contribution in [0.4, 0.5) is 4.79 Å². The van der Waals surface area contributed by atoms with Crippen molar-refractivity contribution in [2.24, 2.45) is 0 Å². The second-order valence-corrected chi connectivity index (χ2v) is 7.38. The Morgan fingerprint density at radius 1 is 0.933 bits per heavy atom. The number of carbonyl (C=O) groups is 3. The Balaban J connectivity index is 1.42. The van der Waals surface area contributed by atoms with Crippen LogP contribution < -0.4 is 4.74 Å². The maximum absolute atomic E-state index is 12.5. The molecule has 2 amide bonds. The predicted molar refractivity (Wildman–Crippen MR) is 112 cm³/mol. The molecule has 2 fully saturated rings. The molecule has 2 aliphatic heterocycles. The van der Waals surface area contributed by atoms with Crippen molar-refractivity contribution in [3.05, 3.63) is 35.9 Å². The fourth-order valence-corrected chi connectivity index (χ4v) is 3.55. The first kappa shape index (κ1) is 21.8. The lowest BCUT2D eigenvalue weighted by Gasteiger charge is -2.34. The van der Waals surface area contributed by atoms with Gasteiger partial charge in [0, 0.05) is 45.3 Å². The molecule has 8 nitrogen and oxygen atoms in total. The fraction of sp³-hybridized carbons (Fsp3) is 0.500. The van der Waals surface area contributed by atoms with Crippen LogP contribution in [0.3, 0.4) is 0 Å². The first-order chi connectivity index (χ1) is 14.5. The second-order valence-electron chi connectivity index (χ2n) is 7.38. The van der Waals surface area contributed by atoms with Crippen LogP contribution in [0, 0.1) is 0 Å². The lowest BCUT2D eigenvalue weighted by molar-refractivity contribution is -0.132. The summed E-state index contributed by atoms with van der Waals surface area (Å²) in [6, 6.07) is 6.83. The minimum Gasteiger partial charge on any atom is -0.434 e. The molecule has 0 saturated carbocycles. The number of ether oxygens (including phenoxy) is 2. The molecule has 0 atom stereocenters. The fourth-order valence-electron chi connectivity index (χ4n) is 3.55. The molecule has 30 heavy (non-hydrogen) atoms. The molecule has 0 aliphatic carbocycles. The molecule has 1 aromatic rings. The van der Waals surface area contributed by atoms with Gasteiger partial charge in [-0.1, -0.05) is 12.1 Å². The van der Waals surface area contributed by atoms with Gasteiger partial charge < -0.3 is 19.3 Å². The van der Waals surface area contributed by atoms with Crippen LogP contribution in [0.2, 0.25) is 0 Å². The molecule has 3 rings (SSSR count). The van der Waals surface area contributed by atoms with Crippen LogP contribution in [-0.2, 0) is 14.3 Å². The highest BCUT2D eigenvalue weighted by atomic mass is 16.7. The summed E-state index contributed by atoms with van der Waals surface area (Å²) in [4.78, 5) is 41.9. The third kappa shape index (κ3) is 6.32. The predicted octanol–water partition coefficient (Wildman–Crippen LogP) is 2.00. The summed E-state index contributed by atoms with van der Waals surface area (Å²) in [5.41, 5.74) is 0.828. The van der Waals surface area contributed by atoms with Gasteiger partial charge in [0.15, 0.2) is 0 Å². The highest BCUT2D eigenvalue weighted by Crippen LogP contribution is 2.14. The van der Waals surface area contributed by atoms with Crippen molar-refractivity contribution in [3.8, 4) is 5.75 Å². The lowest BCUT2D eigenvalue weighted by atomic mass is 10.2. The number of amides is 2. The van der Waals surface area contributed by atoms with Crippen LogP contribution in [-0.4, -0.2) is 85.1 Å².